The number of hydrogen-bond acceptors (Lipinski definition) is 4. The van der Waals surface area contributed by atoms with Gasteiger partial charge in [-0.2, -0.15) is 0 Å². The van der Waals surface area contributed by atoms with Crippen molar-refractivity contribution in [3.8, 4) is 5.75 Å². The molecule has 0 unspecified atom stereocenters. The maximum atomic E-state index is 11.2. The highest BCUT2D eigenvalue weighted by atomic mass is 16.5. The Morgan fingerprint density at radius 3 is 2.88 bits per heavy atom. The summed E-state index contributed by atoms with van der Waals surface area (Å²) in [5.74, 6) is 0.676. The van der Waals surface area contributed by atoms with Crippen LogP contribution in [0.3, 0.4) is 0 Å². The lowest BCUT2D eigenvalue weighted by molar-refractivity contribution is -0.120. The van der Waals surface area contributed by atoms with Gasteiger partial charge in [0, 0.05) is 31.3 Å². The molecule has 0 saturated carbocycles. The highest BCUT2D eigenvalue weighted by Crippen LogP contribution is 2.24. The molecule has 0 atom stereocenters. The van der Waals surface area contributed by atoms with Crippen molar-refractivity contribution in [2.75, 3.05) is 31.2 Å². The second-order valence-corrected chi connectivity index (χ2v) is 3.59. The van der Waals surface area contributed by atoms with E-state index in [0.29, 0.717) is 30.9 Å². The molecule has 4 N–H and O–H groups in total. The topological polar surface area (TPSA) is 76.4 Å². The molecule has 0 aliphatic heterocycles. The van der Waals surface area contributed by atoms with E-state index in [1.54, 1.807) is 13.2 Å². The Morgan fingerprint density at radius 1 is 1.47 bits per heavy atom. The van der Waals surface area contributed by atoms with Crippen molar-refractivity contribution in [2.45, 2.75) is 13.3 Å². The minimum atomic E-state index is 0.0439. The third-order valence-electron chi connectivity index (χ3n) is 2.29. The molecule has 94 valence electrons. The maximum absolute atomic E-state index is 11.2. The summed E-state index contributed by atoms with van der Waals surface area (Å²) in [6.07, 6.45) is 0.445. The summed E-state index contributed by atoms with van der Waals surface area (Å²) < 4.78 is 5.11. The molecule has 1 aromatic rings. The summed E-state index contributed by atoms with van der Waals surface area (Å²) in [5, 5.41) is 5.88. The lowest BCUT2D eigenvalue weighted by Crippen LogP contribution is -2.24. The fraction of sp³-hybridized carbons (Fsp3) is 0.417. The first-order valence-corrected chi connectivity index (χ1v) is 5.61. The van der Waals surface area contributed by atoms with Gasteiger partial charge in [0.1, 0.15) is 5.75 Å². The van der Waals surface area contributed by atoms with Crippen LogP contribution in [0.5, 0.6) is 5.75 Å². The molecular weight excluding hydrogens is 218 g/mol. The van der Waals surface area contributed by atoms with Crippen molar-refractivity contribution >= 4 is 17.3 Å². The summed E-state index contributed by atoms with van der Waals surface area (Å²) in [7, 11) is 1.57. The molecule has 1 aromatic carbocycles. The lowest BCUT2D eigenvalue weighted by Gasteiger charge is -2.09. The first-order chi connectivity index (χ1) is 8.17. The average molecular weight is 237 g/mol. The maximum Gasteiger partial charge on any atom is 0.221 e. The Hall–Kier alpha value is -1.91. The van der Waals surface area contributed by atoms with Crippen LogP contribution in [-0.2, 0) is 4.79 Å². The quantitative estimate of drug-likeness (QED) is 0.650. The number of nitrogens with two attached hydrogens (primary N) is 1. The van der Waals surface area contributed by atoms with E-state index in [-0.39, 0.29) is 5.91 Å². The van der Waals surface area contributed by atoms with Crippen molar-refractivity contribution in [3.05, 3.63) is 18.2 Å². The third-order valence-corrected chi connectivity index (χ3v) is 2.29. The molecule has 1 rings (SSSR count). The van der Waals surface area contributed by atoms with E-state index in [0.717, 1.165) is 5.69 Å². The molecule has 0 saturated heterocycles. The normalized spacial score (nSPS) is 9.76. The van der Waals surface area contributed by atoms with E-state index in [1.165, 1.54) is 0 Å². The van der Waals surface area contributed by atoms with Gasteiger partial charge in [0.15, 0.2) is 0 Å². The Balaban J connectivity index is 2.44. The number of anilines is 2. The zero-order valence-corrected chi connectivity index (χ0v) is 10.2. The standard InChI is InChI=1S/C12H19N3O2/c1-3-14-12(16)6-7-15-9-4-5-10(13)11(8-9)17-2/h4-5,8,15H,3,6-7,13H2,1-2H3,(H,14,16). The van der Waals surface area contributed by atoms with E-state index in [1.807, 2.05) is 19.1 Å². The summed E-state index contributed by atoms with van der Waals surface area (Å²) >= 11 is 0. The van der Waals surface area contributed by atoms with Crippen LogP contribution in [0.15, 0.2) is 18.2 Å². The monoisotopic (exact) mass is 237 g/mol. The van der Waals surface area contributed by atoms with Gasteiger partial charge in [-0.25, -0.2) is 0 Å². The van der Waals surface area contributed by atoms with Crippen molar-refractivity contribution in [2.24, 2.45) is 0 Å². The summed E-state index contributed by atoms with van der Waals surface area (Å²) in [6, 6.07) is 5.44. The van der Waals surface area contributed by atoms with Gasteiger partial charge < -0.3 is 21.1 Å². The number of carbonyl (C=O) groups is 1. The molecule has 0 fully saturated rings. The number of benzene rings is 1. The predicted molar refractivity (Wildman–Crippen MR) is 69.2 cm³/mol. The summed E-state index contributed by atoms with van der Waals surface area (Å²) in [4.78, 5) is 11.2. The molecule has 17 heavy (non-hydrogen) atoms. The second-order valence-electron chi connectivity index (χ2n) is 3.59. The number of nitrogens with one attached hydrogen (secondary N) is 2. The predicted octanol–water partition coefficient (Wildman–Crippen LogP) is 1.22. The molecule has 5 nitrogen and oxygen atoms in total. The van der Waals surface area contributed by atoms with Crippen LogP contribution < -0.4 is 21.1 Å². The van der Waals surface area contributed by atoms with Crippen LogP contribution in [0.1, 0.15) is 13.3 Å². The van der Waals surface area contributed by atoms with Gasteiger partial charge >= 0.3 is 0 Å². The second kappa shape index (κ2) is 6.62. The SMILES string of the molecule is CCNC(=O)CCNc1ccc(N)c(OC)c1. The Kier molecular flexibility index (Phi) is 5.13. The van der Waals surface area contributed by atoms with Crippen LogP contribution in [0.4, 0.5) is 11.4 Å². The average Bonchev–Trinajstić information content (AvgIpc) is 2.31. The zero-order chi connectivity index (χ0) is 12.7. The van der Waals surface area contributed by atoms with Crippen LogP contribution in [0.25, 0.3) is 0 Å². The molecule has 0 heterocycles. The van der Waals surface area contributed by atoms with Crippen molar-refractivity contribution in [1.29, 1.82) is 0 Å². The van der Waals surface area contributed by atoms with Crippen molar-refractivity contribution in [3.63, 3.8) is 0 Å². The van der Waals surface area contributed by atoms with Gasteiger partial charge in [0.25, 0.3) is 0 Å². The number of hydrogen-bond donors (Lipinski definition) is 3. The highest BCUT2D eigenvalue weighted by molar-refractivity contribution is 5.76. The van der Waals surface area contributed by atoms with Gasteiger partial charge in [0.05, 0.1) is 12.8 Å². The number of methoxy groups -OCH3 is 1. The van der Waals surface area contributed by atoms with E-state index in [9.17, 15) is 4.79 Å². The minimum absolute atomic E-state index is 0.0439. The largest absolute Gasteiger partial charge is 0.495 e. The van der Waals surface area contributed by atoms with Gasteiger partial charge in [0.2, 0.25) is 5.91 Å². The fourth-order valence-electron chi connectivity index (χ4n) is 1.43. The van der Waals surface area contributed by atoms with Crippen LogP contribution in [0, 0.1) is 0 Å². The smallest absolute Gasteiger partial charge is 0.221 e. The highest BCUT2D eigenvalue weighted by Gasteiger charge is 2.02. The zero-order valence-electron chi connectivity index (χ0n) is 10.2. The third kappa shape index (κ3) is 4.22. The first kappa shape index (κ1) is 13.2. The van der Waals surface area contributed by atoms with E-state index < -0.39 is 0 Å². The first-order valence-electron chi connectivity index (χ1n) is 5.61. The number of rotatable bonds is 6. The number of nitrogen functional groups attached to an aromatic ring is 1. The van der Waals surface area contributed by atoms with Crippen LogP contribution in [0.2, 0.25) is 0 Å². The molecule has 0 radical (unpaired) electrons. The molecular formula is C12H19N3O2. The van der Waals surface area contributed by atoms with Crippen molar-refractivity contribution < 1.29 is 9.53 Å². The number of amides is 1. The van der Waals surface area contributed by atoms with Crippen molar-refractivity contribution in [1.82, 2.24) is 5.32 Å². The number of carbonyl (C=O) groups excluding carboxylic acids is 1. The Labute approximate surface area is 101 Å². The van der Waals surface area contributed by atoms with E-state index in [2.05, 4.69) is 10.6 Å². The molecule has 0 bridgehead atoms. The number of ether oxygens (including phenoxy) is 1. The van der Waals surface area contributed by atoms with Gasteiger partial charge in [-0.3, -0.25) is 4.79 Å². The Bertz CT molecular complexity index is 380. The van der Waals surface area contributed by atoms with Gasteiger partial charge in [-0.1, -0.05) is 0 Å². The summed E-state index contributed by atoms with van der Waals surface area (Å²) in [5.41, 5.74) is 7.19. The summed E-state index contributed by atoms with van der Waals surface area (Å²) in [6.45, 7) is 3.14. The molecule has 5 heteroatoms. The van der Waals surface area contributed by atoms with Gasteiger partial charge in [-0.05, 0) is 19.1 Å². The van der Waals surface area contributed by atoms with Crippen LogP contribution >= 0.6 is 0 Å². The van der Waals surface area contributed by atoms with E-state index >= 15 is 0 Å². The fourth-order valence-corrected chi connectivity index (χ4v) is 1.43. The van der Waals surface area contributed by atoms with Gasteiger partial charge in [-0.15, -0.1) is 0 Å². The lowest BCUT2D eigenvalue weighted by atomic mass is 10.2. The van der Waals surface area contributed by atoms with Crippen LogP contribution in [-0.4, -0.2) is 26.1 Å². The minimum Gasteiger partial charge on any atom is -0.495 e. The molecule has 0 aromatic heterocycles. The molecule has 1 amide bonds. The molecule has 0 spiro atoms. The molecule has 0 aliphatic carbocycles. The molecule has 0 aliphatic rings. The van der Waals surface area contributed by atoms with E-state index in [4.69, 9.17) is 10.5 Å². The Morgan fingerprint density at radius 2 is 2.24 bits per heavy atom.